The van der Waals surface area contributed by atoms with Crippen LogP contribution in [0.4, 0.5) is 0 Å². The quantitative estimate of drug-likeness (QED) is 0.657. The zero-order chi connectivity index (χ0) is 17.3. The van der Waals surface area contributed by atoms with Gasteiger partial charge < -0.3 is 9.64 Å². The average molecular weight is 352 g/mol. The highest BCUT2D eigenvalue weighted by Gasteiger charge is 2.24. The van der Waals surface area contributed by atoms with Gasteiger partial charge in [0.1, 0.15) is 12.4 Å². The Kier molecular flexibility index (Phi) is 7.50. The summed E-state index contributed by atoms with van der Waals surface area (Å²) in [5, 5.41) is 8.78. The Morgan fingerprint density at radius 3 is 2.54 bits per heavy atom. The predicted molar refractivity (Wildman–Crippen MR) is 92.3 cm³/mol. The minimum atomic E-state index is -3.41. The molecule has 0 bridgehead atoms. The molecule has 1 heterocycles. The number of hydrogen-bond acceptors (Lipinski definition) is 4. The van der Waals surface area contributed by atoms with Gasteiger partial charge >= 0.3 is 0 Å². The first kappa shape index (κ1) is 18.7. The smallest absolute Gasteiger partial charge is 0.217 e. The fourth-order valence-corrected chi connectivity index (χ4v) is 4.17. The van der Waals surface area contributed by atoms with Crippen LogP contribution in [0.2, 0.25) is 0 Å². The van der Waals surface area contributed by atoms with Crippen LogP contribution in [0, 0.1) is 11.3 Å². The molecule has 0 radical (unpaired) electrons. The summed E-state index contributed by atoms with van der Waals surface area (Å²) in [5.41, 5.74) is 0. The van der Waals surface area contributed by atoms with Crippen LogP contribution in [-0.2, 0) is 10.0 Å². The summed E-state index contributed by atoms with van der Waals surface area (Å²) in [6, 6.07) is 11.2. The standard InChI is InChI=1S/C17H25N3O3S/c18-9-6-12-20(14-13-19-10-4-5-11-19)24(21,22)16-15-23-17-7-2-1-3-8-17/h1-3,7-8H,4-6,10-16H2/p+1. The van der Waals surface area contributed by atoms with E-state index in [-0.39, 0.29) is 25.3 Å². The van der Waals surface area contributed by atoms with Crippen LogP contribution < -0.4 is 9.64 Å². The van der Waals surface area contributed by atoms with Crippen molar-refractivity contribution in [2.75, 3.05) is 45.1 Å². The number of likely N-dealkylation sites (tertiary alicyclic amines) is 1. The molecular weight excluding hydrogens is 326 g/mol. The van der Waals surface area contributed by atoms with Crippen LogP contribution in [0.3, 0.4) is 0 Å². The lowest BCUT2D eigenvalue weighted by Crippen LogP contribution is -3.10. The maximum Gasteiger partial charge on any atom is 0.217 e. The molecule has 1 saturated heterocycles. The lowest BCUT2D eigenvalue weighted by molar-refractivity contribution is -0.886. The van der Waals surface area contributed by atoms with Gasteiger partial charge in [0.25, 0.3) is 0 Å². The van der Waals surface area contributed by atoms with Crippen molar-refractivity contribution in [2.45, 2.75) is 19.3 Å². The van der Waals surface area contributed by atoms with Gasteiger partial charge in [0.15, 0.2) is 0 Å². The third-order valence-corrected chi connectivity index (χ3v) is 6.08. The van der Waals surface area contributed by atoms with Crippen LogP contribution in [0.1, 0.15) is 19.3 Å². The summed E-state index contributed by atoms with van der Waals surface area (Å²) < 4.78 is 32.1. The van der Waals surface area contributed by atoms with Gasteiger partial charge in [-0.1, -0.05) is 18.2 Å². The molecule has 1 aromatic carbocycles. The van der Waals surface area contributed by atoms with E-state index in [1.54, 1.807) is 12.1 Å². The van der Waals surface area contributed by atoms with Gasteiger partial charge in [0.2, 0.25) is 10.0 Å². The summed E-state index contributed by atoms with van der Waals surface area (Å²) in [6.07, 6.45) is 2.64. The van der Waals surface area contributed by atoms with Gasteiger partial charge in [-0.3, -0.25) is 0 Å². The summed E-state index contributed by atoms with van der Waals surface area (Å²) in [5.74, 6) is 0.598. The van der Waals surface area contributed by atoms with E-state index in [4.69, 9.17) is 10.00 Å². The lowest BCUT2D eigenvalue weighted by atomic mass is 10.3. The summed E-state index contributed by atoms with van der Waals surface area (Å²) in [4.78, 5) is 1.45. The second-order valence-corrected chi connectivity index (χ2v) is 8.08. The minimum absolute atomic E-state index is 0.0668. The molecule has 0 aromatic heterocycles. The molecule has 0 unspecified atom stereocenters. The molecule has 1 aromatic rings. The van der Waals surface area contributed by atoms with E-state index in [9.17, 15) is 8.42 Å². The number of nitrogens with one attached hydrogen (secondary N) is 1. The van der Waals surface area contributed by atoms with Crippen molar-refractivity contribution in [1.82, 2.24) is 4.31 Å². The molecule has 7 heteroatoms. The van der Waals surface area contributed by atoms with E-state index in [0.717, 1.165) is 19.6 Å². The van der Waals surface area contributed by atoms with E-state index in [1.165, 1.54) is 22.0 Å². The molecule has 1 fully saturated rings. The van der Waals surface area contributed by atoms with Gasteiger partial charge in [-0.25, -0.2) is 8.42 Å². The van der Waals surface area contributed by atoms with Crippen molar-refractivity contribution < 1.29 is 18.1 Å². The number of nitrogens with zero attached hydrogens (tertiary/aromatic N) is 2. The van der Waals surface area contributed by atoms with Gasteiger partial charge in [-0.2, -0.15) is 9.57 Å². The first-order chi connectivity index (χ1) is 11.6. The molecule has 132 valence electrons. The fraction of sp³-hybridized carbons (Fsp3) is 0.588. The van der Waals surface area contributed by atoms with Gasteiger partial charge in [-0.05, 0) is 12.1 Å². The SMILES string of the molecule is N#CCCN(CC[NH+]1CCCC1)S(=O)(=O)CCOc1ccccc1. The van der Waals surface area contributed by atoms with Crippen LogP contribution in [0.5, 0.6) is 5.75 Å². The molecule has 0 atom stereocenters. The fourth-order valence-electron chi connectivity index (χ4n) is 2.88. The predicted octanol–water partition coefficient (Wildman–Crippen LogP) is 0.290. The monoisotopic (exact) mass is 352 g/mol. The number of nitriles is 1. The van der Waals surface area contributed by atoms with E-state index in [0.29, 0.717) is 12.3 Å². The molecule has 1 aliphatic heterocycles. The lowest BCUT2D eigenvalue weighted by Gasteiger charge is -2.22. The second kappa shape index (κ2) is 9.62. The molecule has 0 amide bonds. The van der Waals surface area contributed by atoms with Crippen LogP contribution in [-0.4, -0.2) is 57.8 Å². The average Bonchev–Trinajstić information content (AvgIpc) is 3.09. The highest BCUT2D eigenvalue weighted by molar-refractivity contribution is 7.89. The highest BCUT2D eigenvalue weighted by Crippen LogP contribution is 2.09. The maximum absolute atomic E-state index is 12.6. The van der Waals surface area contributed by atoms with Gasteiger partial charge in [0.05, 0.1) is 38.0 Å². The number of quaternary nitrogens is 1. The Balaban J connectivity index is 1.85. The van der Waals surface area contributed by atoms with E-state index >= 15 is 0 Å². The zero-order valence-electron chi connectivity index (χ0n) is 14.0. The van der Waals surface area contributed by atoms with Crippen molar-refractivity contribution in [3.63, 3.8) is 0 Å². The topological polar surface area (TPSA) is 74.8 Å². The van der Waals surface area contributed by atoms with Crippen LogP contribution in [0.25, 0.3) is 0 Å². The number of rotatable bonds is 10. The Morgan fingerprint density at radius 2 is 1.88 bits per heavy atom. The largest absolute Gasteiger partial charge is 0.492 e. The molecule has 0 aliphatic carbocycles. The van der Waals surface area contributed by atoms with E-state index in [1.807, 2.05) is 24.3 Å². The Labute approximate surface area is 144 Å². The van der Waals surface area contributed by atoms with E-state index in [2.05, 4.69) is 0 Å². The third-order valence-electron chi connectivity index (χ3n) is 4.25. The van der Waals surface area contributed by atoms with Crippen molar-refractivity contribution in [3.8, 4) is 11.8 Å². The van der Waals surface area contributed by atoms with Crippen molar-refractivity contribution >= 4 is 10.0 Å². The number of ether oxygens (including phenoxy) is 1. The van der Waals surface area contributed by atoms with Crippen LogP contribution in [0.15, 0.2) is 30.3 Å². The molecule has 1 aliphatic rings. The second-order valence-electron chi connectivity index (χ2n) is 5.99. The summed E-state index contributed by atoms with van der Waals surface area (Å²) in [7, 11) is -3.41. The third kappa shape index (κ3) is 6.11. The van der Waals surface area contributed by atoms with Crippen molar-refractivity contribution in [3.05, 3.63) is 30.3 Å². The number of benzene rings is 1. The maximum atomic E-state index is 12.6. The van der Waals surface area contributed by atoms with Crippen molar-refractivity contribution in [1.29, 1.82) is 5.26 Å². The molecule has 6 nitrogen and oxygen atoms in total. The first-order valence-corrected chi connectivity index (χ1v) is 10.1. The Bertz CT molecular complexity index is 622. The van der Waals surface area contributed by atoms with Gasteiger partial charge in [-0.15, -0.1) is 0 Å². The summed E-state index contributed by atoms with van der Waals surface area (Å²) in [6.45, 7) is 3.89. The Morgan fingerprint density at radius 1 is 1.17 bits per heavy atom. The Hall–Kier alpha value is -1.62. The van der Waals surface area contributed by atoms with Crippen molar-refractivity contribution in [2.24, 2.45) is 0 Å². The molecule has 0 spiro atoms. The number of hydrogen-bond donors (Lipinski definition) is 1. The zero-order valence-corrected chi connectivity index (χ0v) is 14.8. The van der Waals surface area contributed by atoms with E-state index < -0.39 is 10.0 Å². The number of sulfonamides is 1. The number of para-hydroxylation sites is 1. The highest BCUT2D eigenvalue weighted by atomic mass is 32.2. The van der Waals surface area contributed by atoms with Crippen LogP contribution >= 0.6 is 0 Å². The molecule has 24 heavy (non-hydrogen) atoms. The molecule has 2 rings (SSSR count). The minimum Gasteiger partial charge on any atom is -0.492 e. The molecular formula is C17H26N3O3S+. The van der Waals surface area contributed by atoms with Gasteiger partial charge in [0, 0.05) is 25.8 Å². The normalized spacial score (nSPS) is 15.5. The molecule has 1 N–H and O–H groups in total. The first-order valence-electron chi connectivity index (χ1n) is 8.48. The summed E-state index contributed by atoms with van der Waals surface area (Å²) >= 11 is 0. The molecule has 0 saturated carbocycles.